The van der Waals surface area contributed by atoms with Crippen LogP contribution in [0.4, 0.5) is 0 Å². The number of benzene rings is 2. The number of carbonyl (C=O) groups is 2. The summed E-state index contributed by atoms with van der Waals surface area (Å²) in [6, 6.07) is 10.6. The molecule has 0 aromatic heterocycles. The molecule has 0 heterocycles. The van der Waals surface area contributed by atoms with Crippen LogP contribution in [-0.2, 0) is 4.79 Å². The van der Waals surface area contributed by atoms with Crippen molar-refractivity contribution in [3.8, 4) is 17.2 Å². The smallest absolute Gasteiger partial charge is 0.276 e. The molecule has 0 saturated carbocycles. The molecule has 0 saturated heterocycles. The molecule has 7 nitrogen and oxygen atoms in total. The fourth-order valence-corrected chi connectivity index (χ4v) is 2.49. The van der Waals surface area contributed by atoms with Crippen LogP contribution < -0.4 is 25.1 Å². The Hall–Kier alpha value is -3.22. The lowest BCUT2D eigenvalue weighted by Gasteiger charge is -2.13. The summed E-state index contributed by atoms with van der Waals surface area (Å²) >= 11 is 0. The molecule has 2 N–H and O–H groups in total. The van der Waals surface area contributed by atoms with E-state index in [1.165, 1.54) is 0 Å². The van der Waals surface area contributed by atoms with Gasteiger partial charge >= 0.3 is 0 Å². The van der Waals surface area contributed by atoms with Gasteiger partial charge in [0.1, 0.15) is 5.75 Å². The van der Waals surface area contributed by atoms with Crippen LogP contribution in [0.2, 0.25) is 0 Å². The topological polar surface area (TPSA) is 85.9 Å². The third kappa shape index (κ3) is 6.71. The minimum absolute atomic E-state index is 0.210. The monoisotopic (exact) mass is 400 g/mol. The molecule has 0 unspecified atom stereocenters. The summed E-state index contributed by atoms with van der Waals surface area (Å²) in [5.74, 6) is 0.769. The summed E-state index contributed by atoms with van der Waals surface area (Å²) in [6.07, 6.45) is 0.865. The van der Waals surface area contributed by atoms with Gasteiger partial charge in [0.05, 0.1) is 13.2 Å². The highest BCUT2D eigenvalue weighted by molar-refractivity contribution is 5.96. The zero-order valence-electron chi connectivity index (χ0n) is 17.3. The summed E-state index contributed by atoms with van der Waals surface area (Å²) in [4.78, 5) is 24.3. The van der Waals surface area contributed by atoms with Crippen LogP contribution >= 0.6 is 0 Å². The first-order valence-electron chi connectivity index (χ1n) is 9.63. The Kier molecular flexibility index (Phi) is 8.33. The largest absolute Gasteiger partial charge is 0.490 e. The van der Waals surface area contributed by atoms with Crippen molar-refractivity contribution in [1.29, 1.82) is 0 Å². The molecule has 0 fully saturated rings. The van der Waals surface area contributed by atoms with E-state index in [1.807, 2.05) is 45.9 Å². The van der Waals surface area contributed by atoms with Crippen molar-refractivity contribution in [3.63, 3.8) is 0 Å². The number of hydrogen-bond acceptors (Lipinski definition) is 5. The number of carbonyl (C=O) groups excluding carboxylic acids is 2. The summed E-state index contributed by atoms with van der Waals surface area (Å²) in [5.41, 5.74) is 7.04. The molecular formula is C22H28N2O5. The molecule has 7 heteroatoms. The molecule has 0 radical (unpaired) electrons. The lowest BCUT2D eigenvalue weighted by molar-refractivity contribution is -0.123. The normalized spacial score (nSPS) is 10.2. The number of nitrogens with one attached hydrogen (secondary N) is 2. The third-order valence-corrected chi connectivity index (χ3v) is 3.99. The Balaban J connectivity index is 1.91. The van der Waals surface area contributed by atoms with Gasteiger partial charge in [-0.1, -0.05) is 19.1 Å². The summed E-state index contributed by atoms with van der Waals surface area (Å²) in [6.45, 7) is 8.50. The van der Waals surface area contributed by atoms with E-state index in [0.717, 1.165) is 17.5 Å². The molecule has 0 spiro atoms. The Labute approximate surface area is 171 Å². The van der Waals surface area contributed by atoms with Crippen LogP contribution in [0.5, 0.6) is 17.2 Å². The van der Waals surface area contributed by atoms with E-state index in [-0.39, 0.29) is 6.61 Å². The van der Waals surface area contributed by atoms with Crippen molar-refractivity contribution < 1.29 is 23.8 Å². The summed E-state index contributed by atoms with van der Waals surface area (Å²) in [7, 11) is 0. The molecule has 2 amide bonds. The van der Waals surface area contributed by atoms with Crippen molar-refractivity contribution in [3.05, 3.63) is 53.1 Å². The average Bonchev–Trinajstić information content (AvgIpc) is 2.71. The SMILES string of the molecule is CCCOc1ccc(C(=O)NNC(=O)COc2cc(C)ccc2C)cc1OCC. The molecule has 0 atom stereocenters. The van der Waals surface area contributed by atoms with Crippen LogP contribution in [0, 0.1) is 13.8 Å². The Bertz CT molecular complexity index is 851. The highest BCUT2D eigenvalue weighted by Gasteiger charge is 2.13. The standard InChI is InChI=1S/C22H28N2O5/c1-5-11-28-18-10-9-17(13-20(18)27-6-2)22(26)24-23-21(25)14-29-19-12-15(3)7-8-16(19)4/h7-10,12-13H,5-6,11,14H2,1-4H3,(H,23,25)(H,24,26). The highest BCUT2D eigenvalue weighted by atomic mass is 16.5. The lowest BCUT2D eigenvalue weighted by Crippen LogP contribution is -2.43. The Morgan fingerprint density at radius 3 is 2.38 bits per heavy atom. The fraction of sp³-hybridized carbons (Fsp3) is 0.364. The van der Waals surface area contributed by atoms with Crippen molar-refractivity contribution in [2.24, 2.45) is 0 Å². The van der Waals surface area contributed by atoms with Gasteiger partial charge in [0, 0.05) is 5.56 Å². The maximum atomic E-state index is 12.3. The second-order valence-electron chi connectivity index (χ2n) is 6.50. The predicted molar refractivity (Wildman–Crippen MR) is 110 cm³/mol. The first-order chi connectivity index (χ1) is 13.9. The summed E-state index contributed by atoms with van der Waals surface area (Å²) < 4.78 is 16.7. The van der Waals surface area contributed by atoms with Crippen LogP contribution in [-0.4, -0.2) is 31.6 Å². The maximum absolute atomic E-state index is 12.3. The molecule has 0 bridgehead atoms. The molecule has 156 valence electrons. The Morgan fingerprint density at radius 2 is 1.66 bits per heavy atom. The molecule has 2 aromatic carbocycles. The number of hydrogen-bond donors (Lipinski definition) is 2. The molecular weight excluding hydrogens is 372 g/mol. The number of ether oxygens (including phenoxy) is 3. The van der Waals surface area contributed by atoms with Gasteiger partial charge in [0.25, 0.3) is 11.8 Å². The molecule has 0 aliphatic heterocycles. The van der Waals surface area contributed by atoms with Gasteiger partial charge in [-0.3, -0.25) is 20.4 Å². The van der Waals surface area contributed by atoms with Crippen molar-refractivity contribution >= 4 is 11.8 Å². The lowest BCUT2D eigenvalue weighted by atomic mass is 10.1. The number of hydrazine groups is 1. The zero-order chi connectivity index (χ0) is 21.2. The van der Waals surface area contributed by atoms with Crippen molar-refractivity contribution in [2.75, 3.05) is 19.8 Å². The van der Waals surface area contributed by atoms with E-state index < -0.39 is 11.8 Å². The second-order valence-corrected chi connectivity index (χ2v) is 6.50. The fourth-order valence-electron chi connectivity index (χ4n) is 2.49. The van der Waals surface area contributed by atoms with Gasteiger partial charge in [-0.15, -0.1) is 0 Å². The van der Waals surface area contributed by atoms with Crippen LogP contribution in [0.15, 0.2) is 36.4 Å². The van der Waals surface area contributed by atoms with Crippen LogP contribution in [0.1, 0.15) is 41.8 Å². The van der Waals surface area contributed by atoms with Gasteiger partial charge < -0.3 is 14.2 Å². The van der Waals surface area contributed by atoms with E-state index in [2.05, 4.69) is 10.9 Å². The molecule has 29 heavy (non-hydrogen) atoms. The van der Waals surface area contributed by atoms with Crippen LogP contribution in [0.25, 0.3) is 0 Å². The minimum atomic E-state index is -0.466. The first kappa shape index (κ1) is 22.1. The van der Waals surface area contributed by atoms with E-state index in [9.17, 15) is 9.59 Å². The maximum Gasteiger partial charge on any atom is 0.276 e. The third-order valence-electron chi connectivity index (χ3n) is 3.99. The molecule has 2 aromatic rings. The van der Waals surface area contributed by atoms with Gasteiger partial charge in [0.2, 0.25) is 0 Å². The van der Waals surface area contributed by atoms with Gasteiger partial charge in [-0.25, -0.2) is 0 Å². The van der Waals surface area contributed by atoms with Crippen molar-refractivity contribution in [2.45, 2.75) is 34.1 Å². The van der Waals surface area contributed by atoms with Crippen LogP contribution in [0.3, 0.4) is 0 Å². The van der Waals surface area contributed by atoms with E-state index in [4.69, 9.17) is 14.2 Å². The van der Waals surface area contributed by atoms with Gasteiger partial charge in [-0.05, 0) is 62.6 Å². The molecule has 0 aliphatic carbocycles. The van der Waals surface area contributed by atoms with Gasteiger partial charge in [-0.2, -0.15) is 0 Å². The summed E-state index contributed by atoms with van der Waals surface area (Å²) in [5, 5.41) is 0. The Morgan fingerprint density at radius 1 is 0.862 bits per heavy atom. The van der Waals surface area contributed by atoms with Gasteiger partial charge in [0.15, 0.2) is 18.1 Å². The zero-order valence-corrected chi connectivity index (χ0v) is 17.3. The number of rotatable bonds is 9. The molecule has 2 rings (SSSR count). The van der Waals surface area contributed by atoms with E-state index in [1.54, 1.807) is 18.2 Å². The highest BCUT2D eigenvalue weighted by Crippen LogP contribution is 2.28. The quantitative estimate of drug-likeness (QED) is 0.631. The molecule has 0 aliphatic rings. The number of aryl methyl sites for hydroxylation is 2. The van der Waals surface area contributed by atoms with E-state index >= 15 is 0 Å². The number of amides is 2. The minimum Gasteiger partial charge on any atom is -0.490 e. The second kappa shape index (κ2) is 10.9. The van der Waals surface area contributed by atoms with Crippen molar-refractivity contribution in [1.82, 2.24) is 10.9 Å². The first-order valence-corrected chi connectivity index (χ1v) is 9.63. The predicted octanol–water partition coefficient (Wildman–Crippen LogP) is 3.33. The average molecular weight is 400 g/mol. The van der Waals surface area contributed by atoms with E-state index in [0.29, 0.717) is 36.0 Å².